The minimum Gasteiger partial charge on any atom is -0.325 e. The Labute approximate surface area is 109 Å². The van der Waals surface area contributed by atoms with Crippen LogP contribution in [0.5, 0.6) is 0 Å². The van der Waals surface area contributed by atoms with E-state index >= 15 is 0 Å². The maximum atomic E-state index is 11.9. The molecule has 19 heavy (non-hydrogen) atoms. The van der Waals surface area contributed by atoms with Crippen LogP contribution in [-0.4, -0.2) is 26.1 Å². The molecule has 5 nitrogen and oxygen atoms in total. The Morgan fingerprint density at radius 1 is 1.32 bits per heavy atom. The average molecular weight is 297 g/mol. The minimum absolute atomic E-state index is 0.100. The van der Waals surface area contributed by atoms with Gasteiger partial charge in [-0.2, -0.15) is 13.2 Å². The van der Waals surface area contributed by atoms with E-state index in [0.29, 0.717) is 5.69 Å². The number of halogens is 3. The van der Waals surface area contributed by atoms with Crippen molar-refractivity contribution in [1.82, 2.24) is 9.71 Å². The van der Waals surface area contributed by atoms with Gasteiger partial charge < -0.3 is 5.73 Å². The molecule has 0 saturated heterocycles. The maximum Gasteiger partial charge on any atom is 0.389 e. The summed E-state index contributed by atoms with van der Waals surface area (Å²) >= 11 is 0. The summed E-state index contributed by atoms with van der Waals surface area (Å²) in [4.78, 5) is 3.71. The number of aromatic nitrogens is 1. The van der Waals surface area contributed by atoms with Crippen LogP contribution in [0, 0.1) is 0 Å². The maximum absolute atomic E-state index is 11.9. The monoisotopic (exact) mass is 297 g/mol. The van der Waals surface area contributed by atoms with Crippen LogP contribution in [0.4, 0.5) is 13.2 Å². The van der Waals surface area contributed by atoms with Crippen molar-refractivity contribution in [3.63, 3.8) is 0 Å². The van der Waals surface area contributed by atoms with Crippen LogP contribution in [0.1, 0.15) is 18.5 Å². The lowest BCUT2D eigenvalue weighted by atomic mass is 10.3. The van der Waals surface area contributed by atoms with Gasteiger partial charge >= 0.3 is 6.18 Å². The van der Waals surface area contributed by atoms with Crippen molar-refractivity contribution in [3.8, 4) is 0 Å². The number of hydrogen-bond donors (Lipinski definition) is 2. The molecule has 0 amide bonds. The molecule has 0 radical (unpaired) electrons. The molecular weight excluding hydrogens is 283 g/mol. The summed E-state index contributed by atoms with van der Waals surface area (Å²) in [6.45, 7) is -0.0974. The zero-order valence-corrected chi connectivity index (χ0v) is 10.8. The zero-order chi connectivity index (χ0) is 14.5. The number of hydrogen-bond acceptors (Lipinski definition) is 4. The van der Waals surface area contributed by atoms with Gasteiger partial charge in [-0.05, 0) is 18.6 Å². The van der Waals surface area contributed by atoms with Gasteiger partial charge in [-0.25, -0.2) is 13.1 Å². The van der Waals surface area contributed by atoms with Gasteiger partial charge in [0.05, 0.1) is 5.69 Å². The fourth-order valence-electron chi connectivity index (χ4n) is 1.27. The van der Waals surface area contributed by atoms with E-state index < -0.39 is 22.6 Å². The van der Waals surface area contributed by atoms with E-state index in [0.717, 1.165) is 6.20 Å². The molecule has 0 unspecified atom stereocenters. The minimum atomic E-state index is -4.28. The van der Waals surface area contributed by atoms with Gasteiger partial charge in [-0.15, -0.1) is 0 Å². The molecule has 0 fully saturated rings. The Kier molecular flexibility index (Phi) is 5.27. The fourth-order valence-corrected chi connectivity index (χ4v) is 2.29. The van der Waals surface area contributed by atoms with Crippen LogP contribution in [0.2, 0.25) is 0 Å². The van der Waals surface area contributed by atoms with E-state index in [-0.39, 0.29) is 24.4 Å². The van der Waals surface area contributed by atoms with Gasteiger partial charge in [-0.1, -0.05) is 0 Å². The lowest BCUT2D eigenvalue weighted by Crippen LogP contribution is -2.26. The first-order valence-electron chi connectivity index (χ1n) is 5.46. The number of pyridine rings is 1. The van der Waals surface area contributed by atoms with E-state index in [9.17, 15) is 21.6 Å². The zero-order valence-electron chi connectivity index (χ0n) is 9.94. The number of nitrogens with zero attached hydrogens (tertiary/aromatic N) is 1. The topological polar surface area (TPSA) is 85.1 Å². The lowest BCUT2D eigenvalue weighted by Gasteiger charge is -2.08. The second-order valence-corrected chi connectivity index (χ2v) is 5.57. The largest absolute Gasteiger partial charge is 0.389 e. The highest BCUT2D eigenvalue weighted by Gasteiger charge is 2.26. The van der Waals surface area contributed by atoms with Crippen LogP contribution < -0.4 is 10.5 Å². The highest BCUT2D eigenvalue weighted by atomic mass is 32.2. The second kappa shape index (κ2) is 6.31. The predicted octanol–water partition coefficient (Wildman–Crippen LogP) is 1.16. The smallest absolute Gasteiger partial charge is 0.325 e. The SMILES string of the molecule is NCc1ccc(S(=O)(=O)NCCCC(F)(F)F)cn1. The molecule has 0 aliphatic carbocycles. The molecule has 1 aromatic heterocycles. The second-order valence-electron chi connectivity index (χ2n) is 3.81. The summed E-state index contributed by atoms with van der Waals surface area (Å²) < 4.78 is 61.1. The van der Waals surface area contributed by atoms with Gasteiger partial charge in [0, 0.05) is 25.7 Å². The molecule has 9 heteroatoms. The summed E-state index contributed by atoms with van der Waals surface area (Å²) in [5.41, 5.74) is 5.84. The van der Waals surface area contributed by atoms with E-state index in [1.807, 2.05) is 0 Å². The van der Waals surface area contributed by atoms with Crippen LogP contribution in [-0.2, 0) is 16.6 Å². The summed E-state index contributed by atoms with van der Waals surface area (Å²) in [5.74, 6) is 0. The van der Waals surface area contributed by atoms with E-state index in [1.165, 1.54) is 12.1 Å². The quantitative estimate of drug-likeness (QED) is 0.772. The highest BCUT2D eigenvalue weighted by Crippen LogP contribution is 2.20. The molecule has 0 saturated carbocycles. The molecule has 1 heterocycles. The Hall–Kier alpha value is -1.19. The third-order valence-corrected chi connectivity index (χ3v) is 3.69. The average Bonchev–Trinajstić information content (AvgIpc) is 2.34. The van der Waals surface area contributed by atoms with Gasteiger partial charge in [0.15, 0.2) is 0 Å². The molecule has 0 bridgehead atoms. The van der Waals surface area contributed by atoms with Crippen molar-refractivity contribution >= 4 is 10.0 Å². The third kappa shape index (κ3) is 5.53. The van der Waals surface area contributed by atoms with Gasteiger partial charge in [0.25, 0.3) is 0 Å². The van der Waals surface area contributed by atoms with E-state index in [2.05, 4.69) is 9.71 Å². The summed E-state index contributed by atoms with van der Waals surface area (Å²) in [5, 5.41) is 0. The van der Waals surface area contributed by atoms with Crippen molar-refractivity contribution in [1.29, 1.82) is 0 Å². The van der Waals surface area contributed by atoms with Crippen molar-refractivity contribution in [2.45, 2.75) is 30.5 Å². The number of alkyl halides is 3. The van der Waals surface area contributed by atoms with Crippen LogP contribution in [0.25, 0.3) is 0 Å². The molecule has 108 valence electrons. The summed E-state index contributed by atoms with van der Waals surface area (Å²) in [6, 6.07) is 2.76. The van der Waals surface area contributed by atoms with Gasteiger partial charge in [0.1, 0.15) is 4.90 Å². The molecule has 0 aliphatic rings. The fraction of sp³-hybridized carbons (Fsp3) is 0.500. The van der Waals surface area contributed by atoms with Crippen LogP contribution in [0.3, 0.4) is 0 Å². The van der Waals surface area contributed by atoms with Gasteiger partial charge in [-0.3, -0.25) is 4.98 Å². The molecule has 3 N–H and O–H groups in total. The molecule has 1 rings (SSSR count). The van der Waals surface area contributed by atoms with Crippen molar-refractivity contribution in [3.05, 3.63) is 24.0 Å². The number of rotatable bonds is 6. The normalized spacial score (nSPS) is 12.6. The highest BCUT2D eigenvalue weighted by molar-refractivity contribution is 7.89. The van der Waals surface area contributed by atoms with Crippen molar-refractivity contribution in [2.24, 2.45) is 5.73 Å². The molecule has 0 aromatic carbocycles. The predicted molar refractivity (Wildman–Crippen MR) is 62.6 cm³/mol. The van der Waals surface area contributed by atoms with Gasteiger partial charge in [0.2, 0.25) is 10.0 Å². The molecule has 0 spiro atoms. The molecule has 0 aliphatic heterocycles. The first-order chi connectivity index (χ1) is 8.74. The number of nitrogens with two attached hydrogens (primary N) is 1. The van der Waals surface area contributed by atoms with E-state index in [4.69, 9.17) is 5.73 Å². The van der Waals surface area contributed by atoms with Crippen molar-refractivity contribution < 1.29 is 21.6 Å². The molecule has 0 atom stereocenters. The van der Waals surface area contributed by atoms with Crippen LogP contribution in [0.15, 0.2) is 23.2 Å². The molecule has 1 aromatic rings. The van der Waals surface area contributed by atoms with Crippen molar-refractivity contribution in [2.75, 3.05) is 6.54 Å². The first-order valence-corrected chi connectivity index (χ1v) is 6.94. The number of sulfonamides is 1. The standard InChI is InChI=1S/C10H14F3N3O2S/c11-10(12,13)4-1-5-16-19(17,18)9-3-2-8(6-14)15-7-9/h2-3,7,16H,1,4-6,14H2. The Bertz CT molecular complexity index is 500. The Morgan fingerprint density at radius 3 is 2.47 bits per heavy atom. The van der Waals surface area contributed by atoms with Crippen LogP contribution >= 0.6 is 0 Å². The third-order valence-electron chi connectivity index (χ3n) is 2.25. The van der Waals surface area contributed by atoms with E-state index in [1.54, 1.807) is 0 Å². The summed E-state index contributed by atoms with van der Waals surface area (Å²) in [7, 11) is -3.82. The first kappa shape index (κ1) is 15.9. The number of nitrogens with one attached hydrogen (secondary N) is 1. The molecular formula is C10H14F3N3O2S. The lowest BCUT2D eigenvalue weighted by molar-refractivity contribution is -0.135. The summed E-state index contributed by atoms with van der Waals surface area (Å²) in [6.07, 6.45) is -4.50. The Balaban J connectivity index is 2.56. The Morgan fingerprint density at radius 2 is 2.00 bits per heavy atom.